The average Bonchev–Trinajstić information content (AvgIpc) is 3.28. The first kappa shape index (κ1) is 23.6. The van der Waals surface area contributed by atoms with E-state index in [9.17, 15) is 23.1 Å². The number of nitrogens with zero attached hydrogens (tertiary/aromatic N) is 5. The van der Waals surface area contributed by atoms with Crippen LogP contribution in [0.5, 0.6) is 0 Å². The molecular weight excluding hydrogens is 424 g/mol. The summed E-state index contributed by atoms with van der Waals surface area (Å²) in [6.45, 7) is 7.15. The summed E-state index contributed by atoms with van der Waals surface area (Å²) in [5.41, 5.74) is 0.118. The molecule has 11 nitrogen and oxygen atoms in total. The number of aliphatic hydroxyl groups excluding tert-OH is 1. The Labute approximate surface area is 182 Å². The molecule has 3 atom stereocenters. The predicted molar refractivity (Wildman–Crippen MR) is 113 cm³/mol. The van der Waals surface area contributed by atoms with Crippen LogP contribution in [0.2, 0.25) is 0 Å². The van der Waals surface area contributed by atoms with Gasteiger partial charge >= 0.3 is 0 Å². The van der Waals surface area contributed by atoms with Crippen LogP contribution in [-0.4, -0.2) is 100 Å². The number of aromatic nitrogens is 3. The largest absolute Gasteiger partial charge is 0.391 e. The summed E-state index contributed by atoms with van der Waals surface area (Å²) in [6.07, 6.45) is 1.15. The molecule has 3 heterocycles. The second kappa shape index (κ2) is 8.83. The van der Waals surface area contributed by atoms with E-state index in [2.05, 4.69) is 15.6 Å². The van der Waals surface area contributed by atoms with Crippen LogP contribution in [0.1, 0.15) is 38.9 Å². The first-order valence-corrected chi connectivity index (χ1v) is 12.3. The first-order valence-electron chi connectivity index (χ1n) is 10.4. The molecule has 2 aliphatic rings. The third kappa shape index (κ3) is 5.42. The molecule has 0 saturated carbocycles. The van der Waals surface area contributed by atoms with Crippen LogP contribution >= 0.6 is 0 Å². The van der Waals surface area contributed by atoms with E-state index in [0.29, 0.717) is 25.3 Å². The number of carbonyl (C=O) groups excluding carboxylic acids is 2. The van der Waals surface area contributed by atoms with Crippen molar-refractivity contribution in [2.24, 2.45) is 5.41 Å². The van der Waals surface area contributed by atoms with Gasteiger partial charge < -0.3 is 15.3 Å². The number of hydrogen-bond acceptors (Lipinski definition) is 8. The Hall–Kier alpha value is -2.05. The third-order valence-electron chi connectivity index (χ3n) is 5.81. The first-order chi connectivity index (χ1) is 14.4. The Bertz CT molecular complexity index is 910. The number of aliphatic hydroxyl groups is 1. The van der Waals surface area contributed by atoms with Gasteiger partial charge in [-0.1, -0.05) is 26.0 Å². The summed E-state index contributed by atoms with van der Waals surface area (Å²) in [6, 6.07) is -1.44. The lowest BCUT2D eigenvalue weighted by Crippen LogP contribution is -2.49. The smallest absolute Gasteiger partial charge is 0.248 e. The highest BCUT2D eigenvalue weighted by molar-refractivity contribution is 7.91. The van der Waals surface area contributed by atoms with E-state index in [0.717, 1.165) is 0 Å². The molecule has 2 amide bonds. The molecule has 12 heteroatoms. The molecule has 2 saturated heterocycles. The van der Waals surface area contributed by atoms with Gasteiger partial charge in [-0.15, -0.1) is 5.10 Å². The minimum Gasteiger partial charge on any atom is -0.391 e. The summed E-state index contributed by atoms with van der Waals surface area (Å²) in [5.74, 6) is -0.347. The lowest BCUT2D eigenvalue weighted by atomic mass is 9.85. The molecule has 31 heavy (non-hydrogen) atoms. The average molecular weight is 457 g/mol. The van der Waals surface area contributed by atoms with Gasteiger partial charge in [0.2, 0.25) is 11.8 Å². The lowest BCUT2D eigenvalue weighted by Gasteiger charge is -2.34. The minimum absolute atomic E-state index is 0.0906. The number of nitrogens with one attached hydrogen (secondary N) is 1. The molecule has 174 valence electrons. The fraction of sp³-hybridized carbons (Fsp3) is 0.789. The van der Waals surface area contributed by atoms with E-state index in [1.807, 2.05) is 25.7 Å². The van der Waals surface area contributed by atoms with Crippen LogP contribution in [-0.2, 0) is 26.0 Å². The maximum Gasteiger partial charge on any atom is 0.248 e. The molecule has 0 radical (unpaired) electrons. The van der Waals surface area contributed by atoms with Crippen molar-refractivity contribution in [2.75, 3.05) is 38.2 Å². The standard InChI is InChI=1S/C19H32N6O5S/c1-19(2,3)16(18(28)24-12-14(26)9-15(24)17(27)20-4)25-11-13(21-22-25)10-23-5-7-31(29,30)8-6-23/h11,14-16,26H,5-10,12H2,1-4H3,(H,20,27)/t14?,15-,16?/m1/s1. The number of β-amino-alcohol motifs (C(OH)–C–C–N with tert-alkyl or cyclic N) is 1. The van der Waals surface area contributed by atoms with Crippen molar-refractivity contribution in [1.29, 1.82) is 0 Å². The SMILES string of the molecule is CNC(=O)[C@H]1CC(O)CN1C(=O)C(n1cc(CN2CCS(=O)(=O)CC2)nn1)C(C)(C)C. The lowest BCUT2D eigenvalue weighted by molar-refractivity contribution is -0.144. The third-order valence-corrected chi connectivity index (χ3v) is 7.42. The Kier molecular flexibility index (Phi) is 6.72. The molecule has 0 spiro atoms. The number of sulfone groups is 1. The van der Waals surface area contributed by atoms with Gasteiger partial charge in [-0.05, 0) is 5.41 Å². The molecule has 0 aromatic carbocycles. The van der Waals surface area contributed by atoms with Gasteiger partial charge in [0.05, 0.1) is 29.5 Å². The number of carbonyl (C=O) groups is 2. The van der Waals surface area contributed by atoms with E-state index in [-0.39, 0.29) is 36.3 Å². The van der Waals surface area contributed by atoms with Crippen LogP contribution in [0.4, 0.5) is 0 Å². The van der Waals surface area contributed by atoms with E-state index >= 15 is 0 Å². The van der Waals surface area contributed by atoms with Gasteiger partial charge in [-0.2, -0.15) is 0 Å². The summed E-state index contributed by atoms with van der Waals surface area (Å²) in [5, 5.41) is 21.0. The molecule has 2 unspecified atom stereocenters. The number of rotatable bonds is 5. The zero-order valence-corrected chi connectivity index (χ0v) is 19.3. The van der Waals surface area contributed by atoms with Crippen molar-refractivity contribution in [2.45, 2.75) is 51.9 Å². The maximum atomic E-state index is 13.5. The number of amides is 2. The molecule has 1 aromatic rings. The maximum absolute atomic E-state index is 13.5. The van der Waals surface area contributed by atoms with Gasteiger partial charge in [0.15, 0.2) is 9.84 Å². The van der Waals surface area contributed by atoms with E-state index in [1.54, 1.807) is 6.20 Å². The number of hydrogen-bond donors (Lipinski definition) is 2. The van der Waals surface area contributed by atoms with Gasteiger partial charge in [0.25, 0.3) is 0 Å². The Balaban J connectivity index is 1.79. The van der Waals surface area contributed by atoms with E-state index in [1.165, 1.54) is 16.6 Å². The van der Waals surface area contributed by atoms with E-state index in [4.69, 9.17) is 0 Å². The van der Waals surface area contributed by atoms with Gasteiger partial charge in [-0.3, -0.25) is 14.5 Å². The Morgan fingerprint density at radius 2 is 1.94 bits per heavy atom. The molecule has 0 aliphatic carbocycles. The molecule has 2 aliphatic heterocycles. The fourth-order valence-corrected chi connectivity index (χ4v) is 5.44. The van der Waals surface area contributed by atoms with Crippen LogP contribution in [0.15, 0.2) is 6.20 Å². The Morgan fingerprint density at radius 3 is 2.52 bits per heavy atom. The summed E-state index contributed by atoms with van der Waals surface area (Å²) < 4.78 is 24.8. The number of likely N-dealkylation sites (tertiary alicyclic amines) is 1. The highest BCUT2D eigenvalue weighted by Crippen LogP contribution is 2.34. The summed E-state index contributed by atoms with van der Waals surface area (Å²) >= 11 is 0. The van der Waals surface area contributed by atoms with Crippen LogP contribution in [0, 0.1) is 5.41 Å². The summed E-state index contributed by atoms with van der Waals surface area (Å²) in [4.78, 5) is 29.2. The topological polar surface area (TPSA) is 138 Å². The van der Waals surface area contributed by atoms with Gasteiger partial charge in [0.1, 0.15) is 12.1 Å². The van der Waals surface area contributed by atoms with Crippen LogP contribution < -0.4 is 5.32 Å². The second-order valence-electron chi connectivity index (χ2n) is 9.40. The molecule has 2 fully saturated rings. The van der Waals surface area contributed by atoms with Crippen molar-refractivity contribution < 1.29 is 23.1 Å². The zero-order valence-electron chi connectivity index (χ0n) is 18.5. The normalized spacial score (nSPS) is 25.4. The van der Waals surface area contributed by atoms with Crippen molar-refractivity contribution >= 4 is 21.7 Å². The van der Waals surface area contributed by atoms with Crippen molar-refractivity contribution in [3.05, 3.63) is 11.9 Å². The number of likely N-dealkylation sites (N-methyl/N-ethyl adjacent to an activating group) is 1. The van der Waals surface area contributed by atoms with Crippen molar-refractivity contribution in [1.82, 2.24) is 30.1 Å². The molecule has 3 rings (SSSR count). The highest BCUT2D eigenvalue weighted by Gasteiger charge is 2.45. The quantitative estimate of drug-likeness (QED) is 0.564. The summed E-state index contributed by atoms with van der Waals surface area (Å²) in [7, 11) is -1.46. The monoisotopic (exact) mass is 456 g/mol. The van der Waals surface area contributed by atoms with Crippen LogP contribution in [0.3, 0.4) is 0 Å². The van der Waals surface area contributed by atoms with Crippen molar-refractivity contribution in [3.8, 4) is 0 Å². The van der Waals surface area contributed by atoms with Gasteiger partial charge in [-0.25, -0.2) is 13.1 Å². The molecular formula is C19H32N6O5S. The Morgan fingerprint density at radius 1 is 1.29 bits per heavy atom. The molecule has 1 aromatic heterocycles. The zero-order chi connectivity index (χ0) is 23.0. The second-order valence-corrected chi connectivity index (χ2v) is 11.7. The highest BCUT2D eigenvalue weighted by atomic mass is 32.2. The van der Waals surface area contributed by atoms with E-state index < -0.39 is 33.4 Å². The minimum atomic E-state index is -2.96. The van der Waals surface area contributed by atoms with Gasteiger partial charge in [0, 0.05) is 39.6 Å². The van der Waals surface area contributed by atoms with Crippen molar-refractivity contribution in [3.63, 3.8) is 0 Å². The van der Waals surface area contributed by atoms with Crippen LogP contribution in [0.25, 0.3) is 0 Å². The molecule has 2 N–H and O–H groups in total. The molecule has 0 bridgehead atoms. The fourth-order valence-electron chi connectivity index (χ4n) is 4.16. The predicted octanol–water partition coefficient (Wildman–Crippen LogP) is -1.20.